The van der Waals surface area contributed by atoms with Crippen LogP contribution in [0.2, 0.25) is 0 Å². The molecule has 1 heterocycles. The van der Waals surface area contributed by atoms with E-state index in [1.807, 2.05) is 19.1 Å². The molecule has 3 rings (SSSR count). The largest absolute Gasteiger partial charge is 0.493 e. The van der Waals surface area contributed by atoms with E-state index in [9.17, 15) is 9.59 Å². The average molecular weight is 400 g/mol. The summed E-state index contributed by atoms with van der Waals surface area (Å²) in [6, 6.07) is 10.4. The summed E-state index contributed by atoms with van der Waals surface area (Å²) in [6.45, 7) is 2.14. The summed E-state index contributed by atoms with van der Waals surface area (Å²) >= 11 is 0. The molecule has 0 aliphatic heterocycles. The van der Waals surface area contributed by atoms with Crippen LogP contribution in [-0.4, -0.2) is 37.8 Å². The molecule has 154 valence electrons. The number of aromatic nitrogens is 1. The van der Waals surface area contributed by atoms with E-state index in [1.54, 1.807) is 24.3 Å². The van der Waals surface area contributed by atoms with Crippen LogP contribution in [0.5, 0.6) is 17.2 Å². The van der Waals surface area contributed by atoms with E-state index >= 15 is 0 Å². The average Bonchev–Trinajstić information content (AvgIpc) is 3.02. The quantitative estimate of drug-likeness (QED) is 0.624. The van der Waals surface area contributed by atoms with Gasteiger partial charge in [0.25, 0.3) is 0 Å². The summed E-state index contributed by atoms with van der Waals surface area (Å²) in [5, 5.41) is 2.91. The zero-order chi connectivity index (χ0) is 21.0. The van der Waals surface area contributed by atoms with Gasteiger partial charge in [-0.15, -0.1) is 0 Å². The lowest BCUT2D eigenvalue weighted by Gasteiger charge is -2.16. The first-order valence-corrected chi connectivity index (χ1v) is 9.13. The standard InChI is InChI=1S/C21H24N2O6/c1-13(12-23-15-7-5-6-8-16(15)29-21(23)25)22-19(24)11-14-9-17(26-2)20(28-4)18(10-14)27-3/h5-10,13H,11-12H2,1-4H3,(H,22,24)/t13-/m1/s1. The van der Waals surface area contributed by atoms with Crippen molar-refractivity contribution in [3.8, 4) is 17.2 Å². The molecule has 0 spiro atoms. The number of ether oxygens (including phenoxy) is 3. The number of hydrogen-bond acceptors (Lipinski definition) is 6. The van der Waals surface area contributed by atoms with Crippen molar-refractivity contribution >= 4 is 17.0 Å². The van der Waals surface area contributed by atoms with E-state index in [0.717, 1.165) is 5.56 Å². The highest BCUT2D eigenvalue weighted by Gasteiger charge is 2.17. The molecular formula is C21H24N2O6. The van der Waals surface area contributed by atoms with Crippen molar-refractivity contribution < 1.29 is 23.4 Å². The van der Waals surface area contributed by atoms with Crippen molar-refractivity contribution in [3.63, 3.8) is 0 Å². The molecule has 1 aromatic heterocycles. The molecular weight excluding hydrogens is 376 g/mol. The molecule has 8 heteroatoms. The summed E-state index contributed by atoms with van der Waals surface area (Å²) in [5.41, 5.74) is 1.94. The molecule has 8 nitrogen and oxygen atoms in total. The SMILES string of the molecule is COc1cc(CC(=O)N[C@H](C)Cn2c(=O)oc3ccccc32)cc(OC)c1OC. The van der Waals surface area contributed by atoms with Gasteiger partial charge in [-0.25, -0.2) is 4.79 Å². The zero-order valence-electron chi connectivity index (χ0n) is 16.9. The van der Waals surface area contributed by atoms with Crippen molar-refractivity contribution in [3.05, 3.63) is 52.5 Å². The van der Waals surface area contributed by atoms with Crippen molar-refractivity contribution in [1.29, 1.82) is 0 Å². The van der Waals surface area contributed by atoms with Gasteiger partial charge < -0.3 is 23.9 Å². The Balaban J connectivity index is 1.70. The maximum absolute atomic E-state index is 12.5. The Hall–Kier alpha value is -3.42. The minimum atomic E-state index is -0.447. The monoisotopic (exact) mass is 400 g/mol. The molecule has 1 N–H and O–H groups in total. The Kier molecular flexibility index (Phi) is 6.11. The van der Waals surface area contributed by atoms with Gasteiger partial charge in [-0.1, -0.05) is 12.1 Å². The third kappa shape index (κ3) is 4.37. The first-order valence-electron chi connectivity index (χ1n) is 9.13. The van der Waals surface area contributed by atoms with Crippen molar-refractivity contribution in [2.45, 2.75) is 25.9 Å². The maximum Gasteiger partial charge on any atom is 0.420 e. The third-order valence-electron chi connectivity index (χ3n) is 4.53. The van der Waals surface area contributed by atoms with Gasteiger partial charge in [0, 0.05) is 12.6 Å². The lowest BCUT2D eigenvalue weighted by Crippen LogP contribution is -2.38. The smallest absolute Gasteiger partial charge is 0.420 e. The van der Waals surface area contributed by atoms with Crippen LogP contribution >= 0.6 is 0 Å². The van der Waals surface area contributed by atoms with Gasteiger partial charge in [0.05, 0.1) is 33.3 Å². The molecule has 1 amide bonds. The maximum atomic E-state index is 12.5. The number of carbonyl (C=O) groups is 1. The van der Waals surface area contributed by atoms with Gasteiger partial charge in [0.15, 0.2) is 17.1 Å². The number of nitrogens with zero attached hydrogens (tertiary/aromatic N) is 1. The summed E-state index contributed by atoms with van der Waals surface area (Å²) < 4.78 is 22.7. The van der Waals surface area contributed by atoms with Gasteiger partial charge in [0.2, 0.25) is 11.7 Å². The molecule has 0 fully saturated rings. The van der Waals surface area contributed by atoms with E-state index in [1.165, 1.54) is 25.9 Å². The van der Waals surface area contributed by atoms with Crippen LogP contribution in [0.25, 0.3) is 11.1 Å². The minimum absolute atomic E-state index is 0.127. The predicted octanol–water partition coefficient (Wildman–Crippen LogP) is 2.37. The van der Waals surface area contributed by atoms with Crippen LogP contribution in [0.15, 0.2) is 45.6 Å². The highest BCUT2D eigenvalue weighted by Crippen LogP contribution is 2.38. The first kappa shape index (κ1) is 20.3. The lowest BCUT2D eigenvalue weighted by molar-refractivity contribution is -0.121. The summed E-state index contributed by atoms with van der Waals surface area (Å²) in [4.78, 5) is 24.6. The molecule has 0 aliphatic carbocycles. The number of hydrogen-bond donors (Lipinski definition) is 1. The van der Waals surface area contributed by atoms with Crippen molar-refractivity contribution in [1.82, 2.24) is 9.88 Å². The predicted molar refractivity (Wildman–Crippen MR) is 108 cm³/mol. The van der Waals surface area contributed by atoms with Crippen LogP contribution < -0.4 is 25.3 Å². The molecule has 29 heavy (non-hydrogen) atoms. The normalized spacial score (nSPS) is 11.9. The van der Waals surface area contributed by atoms with Crippen LogP contribution in [0.1, 0.15) is 12.5 Å². The fraction of sp³-hybridized carbons (Fsp3) is 0.333. The summed E-state index contributed by atoms with van der Waals surface area (Å²) in [6.07, 6.45) is 0.127. The number of methoxy groups -OCH3 is 3. The highest BCUT2D eigenvalue weighted by atomic mass is 16.5. The number of nitrogens with one attached hydrogen (secondary N) is 1. The molecule has 0 saturated heterocycles. The van der Waals surface area contributed by atoms with Crippen LogP contribution in [0, 0.1) is 0 Å². The van der Waals surface area contributed by atoms with E-state index < -0.39 is 5.76 Å². The zero-order valence-corrected chi connectivity index (χ0v) is 16.9. The molecule has 1 atom stereocenters. The Labute approximate surface area is 168 Å². The number of amides is 1. The third-order valence-corrected chi connectivity index (χ3v) is 4.53. The van der Waals surface area contributed by atoms with Gasteiger partial charge in [0.1, 0.15) is 0 Å². The molecule has 0 unspecified atom stereocenters. The first-order chi connectivity index (χ1) is 14.0. The second-order valence-electron chi connectivity index (χ2n) is 6.63. The molecule has 3 aromatic rings. The van der Waals surface area contributed by atoms with Crippen LogP contribution in [-0.2, 0) is 17.8 Å². The Morgan fingerprint density at radius 1 is 1.10 bits per heavy atom. The number of para-hydroxylation sites is 2. The minimum Gasteiger partial charge on any atom is -0.493 e. The molecule has 0 bridgehead atoms. The molecule has 0 aliphatic rings. The highest BCUT2D eigenvalue weighted by molar-refractivity contribution is 5.79. The number of fused-ring (bicyclic) bond motifs is 1. The molecule has 0 saturated carbocycles. The van der Waals surface area contributed by atoms with Crippen molar-refractivity contribution in [2.24, 2.45) is 0 Å². The van der Waals surface area contributed by atoms with Gasteiger partial charge in [-0.05, 0) is 36.8 Å². The fourth-order valence-electron chi connectivity index (χ4n) is 3.26. The van der Waals surface area contributed by atoms with Gasteiger partial charge >= 0.3 is 5.76 Å². The molecule has 2 aromatic carbocycles. The topological polar surface area (TPSA) is 91.9 Å². The second kappa shape index (κ2) is 8.72. The number of oxazole rings is 1. The van der Waals surface area contributed by atoms with Crippen LogP contribution in [0.3, 0.4) is 0 Å². The van der Waals surface area contributed by atoms with Gasteiger partial charge in [-0.2, -0.15) is 0 Å². The van der Waals surface area contributed by atoms with E-state index in [-0.39, 0.29) is 18.4 Å². The summed E-state index contributed by atoms with van der Waals surface area (Å²) in [7, 11) is 4.57. The molecule has 0 radical (unpaired) electrons. The van der Waals surface area contributed by atoms with E-state index in [0.29, 0.717) is 34.9 Å². The summed E-state index contributed by atoms with van der Waals surface area (Å²) in [5.74, 6) is 0.807. The Morgan fingerprint density at radius 3 is 2.38 bits per heavy atom. The Bertz CT molecular complexity index is 1040. The fourth-order valence-corrected chi connectivity index (χ4v) is 3.26. The number of carbonyl (C=O) groups excluding carboxylic acids is 1. The number of benzene rings is 2. The van der Waals surface area contributed by atoms with Crippen molar-refractivity contribution in [2.75, 3.05) is 21.3 Å². The van der Waals surface area contributed by atoms with E-state index in [4.69, 9.17) is 18.6 Å². The Morgan fingerprint density at radius 2 is 1.76 bits per heavy atom. The second-order valence-corrected chi connectivity index (χ2v) is 6.63. The number of rotatable bonds is 8. The van der Waals surface area contributed by atoms with Gasteiger partial charge in [-0.3, -0.25) is 9.36 Å². The van der Waals surface area contributed by atoms with Crippen LogP contribution in [0.4, 0.5) is 0 Å². The lowest BCUT2D eigenvalue weighted by atomic mass is 10.1. The van der Waals surface area contributed by atoms with E-state index in [2.05, 4.69) is 5.32 Å².